The maximum atomic E-state index is 13.6. The van der Waals surface area contributed by atoms with Crippen molar-refractivity contribution in [2.24, 2.45) is 4.99 Å². The summed E-state index contributed by atoms with van der Waals surface area (Å²) < 4.78 is 13.6. The number of hydrogen-bond acceptors (Lipinski definition) is 2. The summed E-state index contributed by atoms with van der Waals surface area (Å²) in [5.74, 6) is -0.375. The van der Waals surface area contributed by atoms with Crippen molar-refractivity contribution in [1.29, 1.82) is 0 Å². The van der Waals surface area contributed by atoms with E-state index in [2.05, 4.69) is 16.9 Å². The number of halogens is 3. The molecule has 22 heavy (non-hydrogen) atoms. The maximum absolute atomic E-state index is 13.6. The van der Waals surface area contributed by atoms with Crippen LogP contribution in [0.3, 0.4) is 0 Å². The van der Waals surface area contributed by atoms with Gasteiger partial charge in [-0.25, -0.2) is 9.38 Å². The number of aliphatic imine (C=N–C) groups is 1. The molecule has 1 amide bonds. The molecule has 0 aromatic heterocycles. The fourth-order valence-electron chi connectivity index (χ4n) is 1.67. The van der Waals surface area contributed by atoms with Gasteiger partial charge in [0.15, 0.2) is 0 Å². The van der Waals surface area contributed by atoms with Crippen molar-refractivity contribution in [3.05, 3.63) is 58.5 Å². The number of rotatable bonds is 7. The van der Waals surface area contributed by atoms with Gasteiger partial charge in [0.05, 0.1) is 0 Å². The zero-order valence-corrected chi connectivity index (χ0v) is 13.5. The van der Waals surface area contributed by atoms with E-state index in [-0.39, 0.29) is 17.4 Å². The van der Waals surface area contributed by atoms with Crippen molar-refractivity contribution in [3.8, 4) is 0 Å². The molecule has 0 radical (unpaired) electrons. The molecule has 6 heteroatoms. The number of benzene rings is 1. The van der Waals surface area contributed by atoms with Gasteiger partial charge in [-0.3, -0.25) is 4.79 Å². The normalized spacial score (nSPS) is 12.5. The molecule has 0 saturated carbocycles. The first kappa shape index (κ1) is 18.1. The van der Waals surface area contributed by atoms with Gasteiger partial charge in [-0.15, -0.1) is 0 Å². The second-order valence-corrected chi connectivity index (χ2v) is 5.18. The van der Waals surface area contributed by atoms with Crippen LogP contribution in [-0.2, 0) is 4.79 Å². The third-order valence-corrected chi connectivity index (χ3v) is 3.03. The van der Waals surface area contributed by atoms with Crippen molar-refractivity contribution in [3.63, 3.8) is 0 Å². The predicted octanol–water partition coefficient (Wildman–Crippen LogP) is 5.34. The van der Waals surface area contributed by atoms with Gasteiger partial charge >= 0.3 is 0 Å². The van der Waals surface area contributed by atoms with E-state index in [1.165, 1.54) is 12.3 Å². The van der Waals surface area contributed by atoms with Crippen molar-refractivity contribution < 1.29 is 9.18 Å². The molecule has 0 fully saturated rings. The molecule has 0 unspecified atom stereocenters. The van der Waals surface area contributed by atoms with Crippen LogP contribution in [-0.4, -0.2) is 12.6 Å². The Hall–Kier alpha value is -1.91. The van der Waals surface area contributed by atoms with E-state index in [1.54, 1.807) is 24.3 Å². The Balaban J connectivity index is 2.89. The van der Waals surface area contributed by atoms with E-state index in [9.17, 15) is 9.18 Å². The number of amides is 1. The van der Waals surface area contributed by atoms with Crippen LogP contribution in [0.15, 0.2) is 52.9 Å². The first-order chi connectivity index (χ1) is 10.4. The lowest BCUT2D eigenvalue weighted by molar-refractivity contribution is -0.105. The van der Waals surface area contributed by atoms with Gasteiger partial charge in [0, 0.05) is 28.9 Å². The van der Waals surface area contributed by atoms with Gasteiger partial charge in [-0.1, -0.05) is 41.9 Å². The second-order valence-electron chi connectivity index (χ2n) is 4.31. The summed E-state index contributed by atoms with van der Waals surface area (Å²) in [6, 6.07) is 5.10. The highest BCUT2D eigenvalue weighted by Crippen LogP contribution is 2.27. The fraction of sp³-hybridized carbons (Fsp3) is 0.125. The number of carbonyl (C=O) groups excluding carboxylic acids is 1. The van der Waals surface area contributed by atoms with E-state index in [0.717, 1.165) is 11.1 Å². The molecule has 0 aliphatic heterocycles. The molecule has 0 aliphatic carbocycles. The van der Waals surface area contributed by atoms with Crippen molar-refractivity contribution in [2.45, 2.75) is 13.3 Å². The minimum absolute atomic E-state index is 0.0847. The molecule has 0 bridgehead atoms. The number of hydrogen-bond donors (Lipinski definition) is 1. The number of allylic oxidation sites excluding steroid dienone is 4. The number of carbonyl (C=O) groups is 1. The van der Waals surface area contributed by atoms with E-state index >= 15 is 0 Å². The third-order valence-electron chi connectivity index (χ3n) is 2.69. The van der Waals surface area contributed by atoms with Crippen LogP contribution in [0.1, 0.15) is 18.9 Å². The highest BCUT2D eigenvalue weighted by molar-refractivity contribution is 6.31. The Morgan fingerprint density at radius 1 is 1.50 bits per heavy atom. The summed E-state index contributed by atoms with van der Waals surface area (Å²) in [4.78, 5) is 14.3. The summed E-state index contributed by atoms with van der Waals surface area (Å²) in [5, 5.41) is 3.16. The molecule has 1 rings (SSSR count). The van der Waals surface area contributed by atoms with Crippen LogP contribution in [0.25, 0.3) is 5.57 Å². The summed E-state index contributed by atoms with van der Waals surface area (Å²) in [5.41, 5.74) is 2.15. The average Bonchev–Trinajstić information content (AvgIpc) is 2.45. The molecule has 3 nitrogen and oxygen atoms in total. The van der Waals surface area contributed by atoms with E-state index in [4.69, 9.17) is 23.2 Å². The molecule has 0 aliphatic rings. The summed E-state index contributed by atoms with van der Waals surface area (Å²) in [6.45, 7) is 5.18. The maximum Gasteiger partial charge on any atom is 0.211 e. The lowest BCUT2D eigenvalue weighted by Gasteiger charge is -2.09. The number of nitrogens with one attached hydrogen (secondary N) is 1. The van der Waals surface area contributed by atoms with E-state index in [1.807, 2.05) is 6.92 Å². The van der Waals surface area contributed by atoms with Crippen molar-refractivity contribution >= 4 is 47.1 Å². The number of anilines is 1. The SMILES string of the molecule is C=C(Cl)/N=C\C=C(/F)C/C=C(/C)c1ccc(Cl)cc1NC=O. The van der Waals surface area contributed by atoms with Crippen molar-refractivity contribution in [1.82, 2.24) is 0 Å². The van der Waals surface area contributed by atoms with Crippen LogP contribution in [0, 0.1) is 0 Å². The average molecular weight is 341 g/mol. The van der Waals surface area contributed by atoms with Gasteiger partial charge in [0.25, 0.3) is 0 Å². The Labute approximate surface area is 138 Å². The predicted molar refractivity (Wildman–Crippen MR) is 92.1 cm³/mol. The molecule has 0 heterocycles. The molecule has 0 saturated heterocycles. The van der Waals surface area contributed by atoms with Crippen LogP contribution >= 0.6 is 23.2 Å². The quantitative estimate of drug-likeness (QED) is 0.406. The second kappa shape index (κ2) is 9.18. The van der Waals surface area contributed by atoms with Gasteiger partial charge in [-0.05, 0) is 30.7 Å². The lowest BCUT2D eigenvalue weighted by Crippen LogP contribution is -1.97. The molecule has 116 valence electrons. The summed E-state index contributed by atoms with van der Waals surface area (Å²) in [6.07, 6.45) is 4.82. The van der Waals surface area contributed by atoms with E-state index in [0.29, 0.717) is 17.1 Å². The fourth-order valence-corrected chi connectivity index (χ4v) is 1.90. The molecule has 1 aromatic rings. The van der Waals surface area contributed by atoms with Crippen LogP contribution in [0.5, 0.6) is 0 Å². The highest BCUT2D eigenvalue weighted by Gasteiger charge is 2.05. The van der Waals surface area contributed by atoms with Gasteiger partial charge in [0.1, 0.15) is 11.0 Å². The molecule has 1 aromatic carbocycles. The van der Waals surface area contributed by atoms with Crippen LogP contribution in [0.4, 0.5) is 10.1 Å². The van der Waals surface area contributed by atoms with Crippen molar-refractivity contribution in [2.75, 3.05) is 5.32 Å². The first-order valence-electron chi connectivity index (χ1n) is 6.34. The molecular formula is C16H15Cl2FN2O. The smallest absolute Gasteiger partial charge is 0.211 e. The molecule has 1 N–H and O–H groups in total. The zero-order chi connectivity index (χ0) is 16.5. The lowest BCUT2D eigenvalue weighted by atomic mass is 10.0. The molecule has 0 atom stereocenters. The Morgan fingerprint density at radius 3 is 2.86 bits per heavy atom. The topological polar surface area (TPSA) is 41.5 Å². The third kappa shape index (κ3) is 6.24. The van der Waals surface area contributed by atoms with Gasteiger partial charge in [-0.2, -0.15) is 0 Å². The van der Waals surface area contributed by atoms with Gasteiger partial charge in [0.2, 0.25) is 6.41 Å². The Bertz CT molecular complexity index is 652. The number of nitrogens with zero attached hydrogens (tertiary/aromatic N) is 1. The van der Waals surface area contributed by atoms with Crippen LogP contribution in [0.2, 0.25) is 5.02 Å². The Morgan fingerprint density at radius 2 is 2.23 bits per heavy atom. The first-order valence-corrected chi connectivity index (χ1v) is 7.09. The molecule has 0 spiro atoms. The minimum atomic E-state index is -0.375. The highest BCUT2D eigenvalue weighted by atomic mass is 35.5. The standard InChI is InChI=1S/C16H15Cl2FN2O/c1-11(3-5-14(19)7-8-20-12(2)17)15-6-4-13(18)9-16(15)21-10-22/h3-4,6-10H,2,5H2,1H3,(H,21,22)/b11-3-,14-7-,20-8-. The van der Waals surface area contributed by atoms with Gasteiger partial charge < -0.3 is 5.32 Å². The zero-order valence-electron chi connectivity index (χ0n) is 11.9. The monoisotopic (exact) mass is 340 g/mol. The Kier molecular flexibility index (Phi) is 7.57. The van der Waals surface area contributed by atoms with Crippen LogP contribution < -0.4 is 5.32 Å². The summed E-state index contributed by atoms with van der Waals surface area (Å²) >= 11 is 11.3. The largest absolute Gasteiger partial charge is 0.328 e. The summed E-state index contributed by atoms with van der Waals surface area (Å²) in [7, 11) is 0. The van der Waals surface area contributed by atoms with E-state index < -0.39 is 0 Å². The minimum Gasteiger partial charge on any atom is -0.328 e. The molecular weight excluding hydrogens is 326 g/mol.